The molecule has 0 atom stereocenters. The SMILES string of the molecule is O=C(COC(=O)c1ccc2c(c1)OCO2)Nc1ccc(Cl)cc1. The molecule has 0 fully saturated rings. The number of ether oxygens (including phenoxy) is 3. The lowest BCUT2D eigenvalue weighted by Crippen LogP contribution is -2.20. The molecule has 2 aromatic rings. The van der Waals surface area contributed by atoms with Crippen LogP contribution in [0, 0.1) is 0 Å². The van der Waals surface area contributed by atoms with Gasteiger partial charge in [0.2, 0.25) is 6.79 Å². The number of anilines is 1. The van der Waals surface area contributed by atoms with Crippen LogP contribution in [0.15, 0.2) is 42.5 Å². The van der Waals surface area contributed by atoms with Crippen LogP contribution >= 0.6 is 11.6 Å². The molecule has 0 bridgehead atoms. The van der Waals surface area contributed by atoms with E-state index < -0.39 is 18.5 Å². The van der Waals surface area contributed by atoms with Crippen molar-refractivity contribution in [3.05, 3.63) is 53.1 Å². The first-order valence-electron chi connectivity index (χ1n) is 6.74. The molecule has 0 aliphatic carbocycles. The lowest BCUT2D eigenvalue weighted by atomic mass is 10.2. The zero-order chi connectivity index (χ0) is 16.2. The normalized spacial score (nSPS) is 11.9. The largest absolute Gasteiger partial charge is 0.454 e. The van der Waals surface area contributed by atoms with Crippen LogP contribution < -0.4 is 14.8 Å². The number of carbonyl (C=O) groups is 2. The quantitative estimate of drug-likeness (QED) is 0.871. The highest BCUT2D eigenvalue weighted by Gasteiger charge is 2.17. The second-order valence-corrected chi connectivity index (χ2v) is 5.14. The number of amides is 1. The molecule has 23 heavy (non-hydrogen) atoms. The summed E-state index contributed by atoms with van der Waals surface area (Å²) in [7, 11) is 0. The minimum atomic E-state index is -0.616. The van der Waals surface area contributed by atoms with E-state index in [1.807, 2.05) is 0 Å². The maximum absolute atomic E-state index is 11.9. The number of hydrogen-bond acceptors (Lipinski definition) is 5. The highest BCUT2D eigenvalue weighted by atomic mass is 35.5. The second kappa shape index (κ2) is 6.58. The molecule has 1 aliphatic heterocycles. The van der Waals surface area contributed by atoms with E-state index in [0.29, 0.717) is 22.2 Å². The van der Waals surface area contributed by atoms with Crippen molar-refractivity contribution in [2.24, 2.45) is 0 Å². The van der Waals surface area contributed by atoms with Crippen molar-refractivity contribution >= 4 is 29.2 Å². The third-order valence-corrected chi connectivity index (χ3v) is 3.32. The van der Waals surface area contributed by atoms with Gasteiger partial charge in [-0.3, -0.25) is 4.79 Å². The molecular weight excluding hydrogens is 322 g/mol. The summed E-state index contributed by atoms with van der Waals surface area (Å²) in [5.74, 6) is -0.0110. The molecule has 7 heteroatoms. The van der Waals surface area contributed by atoms with Gasteiger partial charge < -0.3 is 19.5 Å². The number of esters is 1. The van der Waals surface area contributed by atoms with Gasteiger partial charge in [-0.05, 0) is 42.5 Å². The highest BCUT2D eigenvalue weighted by Crippen LogP contribution is 2.32. The first kappa shape index (κ1) is 15.2. The van der Waals surface area contributed by atoms with E-state index >= 15 is 0 Å². The lowest BCUT2D eigenvalue weighted by Gasteiger charge is -2.07. The van der Waals surface area contributed by atoms with Gasteiger partial charge in [-0.2, -0.15) is 0 Å². The topological polar surface area (TPSA) is 73.9 Å². The van der Waals surface area contributed by atoms with Crippen LogP contribution in [0.25, 0.3) is 0 Å². The number of fused-ring (bicyclic) bond motifs is 1. The number of hydrogen-bond donors (Lipinski definition) is 1. The van der Waals surface area contributed by atoms with Crippen LogP contribution in [0.2, 0.25) is 5.02 Å². The molecule has 0 saturated heterocycles. The molecule has 1 N–H and O–H groups in total. The zero-order valence-corrected chi connectivity index (χ0v) is 12.6. The Labute approximate surface area is 136 Å². The summed E-state index contributed by atoms with van der Waals surface area (Å²) in [6, 6.07) is 11.3. The Morgan fingerprint density at radius 1 is 1.09 bits per heavy atom. The average Bonchev–Trinajstić information content (AvgIpc) is 3.02. The van der Waals surface area contributed by atoms with Crippen LogP contribution in [-0.2, 0) is 9.53 Å². The molecule has 118 valence electrons. The fraction of sp³-hybridized carbons (Fsp3) is 0.125. The Morgan fingerprint density at radius 3 is 2.61 bits per heavy atom. The van der Waals surface area contributed by atoms with Crippen molar-refractivity contribution in [3.8, 4) is 11.5 Å². The van der Waals surface area contributed by atoms with E-state index in [1.165, 1.54) is 6.07 Å². The van der Waals surface area contributed by atoms with Crippen molar-refractivity contribution in [1.82, 2.24) is 0 Å². The number of carbonyl (C=O) groups excluding carboxylic acids is 2. The van der Waals surface area contributed by atoms with E-state index in [-0.39, 0.29) is 12.4 Å². The molecule has 1 aliphatic rings. The number of rotatable bonds is 4. The lowest BCUT2D eigenvalue weighted by molar-refractivity contribution is -0.119. The molecule has 0 saturated carbocycles. The number of benzene rings is 2. The van der Waals surface area contributed by atoms with Crippen molar-refractivity contribution in [2.75, 3.05) is 18.7 Å². The molecule has 1 heterocycles. The molecule has 0 spiro atoms. The Balaban J connectivity index is 1.54. The molecule has 0 radical (unpaired) electrons. The van der Waals surface area contributed by atoms with E-state index in [0.717, 1.165) is 0 Å². The van der Waals surface area contributed by atoms with Crippen LogP contribution in [0.1, 0.15) is 10.4 Å². The number of nitrogens with one attached hydrogen (secondary N) is 1. The van der Waals surface area contributed by atoms with E-state index in [2.05, 4.69) is 5.32 Å². The van der Waals surface area contributed by atoms with Gasteiger partial charge >= 0.3 is 5.97 Å². The summed E-state index contributed by atoms with van der Waals surface area (Å²) in [5.41, 5.74) is 0.854. The number of halogens is 1. The predicted octanol–water partition coefficient (Wildman–Crippen LogP) is 2.86. The first-order chi connectivity index (χ1) is 11.1. The van der Waals surface area contributed by atoms with Gasteiger partial charge in [0.05, 0.1) is 5.56 Å². The molecule has 0 aromatic heterocycles. The van der Waals surface area contributed by atoms with Crippen LogP contribution in [0.4, 0.5) is 5.69 Å². The molecule has 2 aromatic carbocycles. The first-order valence-corrected chi connectivity index (χ1v) is 7.12. The maximum atomic E-state index is 11.9. The second-order valence-electron chi connectivity index (χ2n) is 4.70. The van der Waals surface area contributed by atoms with E-state index in [1.54, 1.807) is 36.4 Å². The monoisotopic (exact) mass is 333 g/mol. The Kier molecular flexibility index (Phi) is 4.34. The van der Waals surface area contributed by atoms with Crippen molar-refractivity contribution < 1.29 is 23.8 Å². The summed E-state index contributed by atoms with van der Waals surface area (Å²) in [6.45, 7) is -0.271. The van der Waals surface area contributed by atoms with Gasteiger partial charge in [-0.25, -0.2) is 4.79 Å². The third-order valence-electron chi connectivity index (χ3n) is 3.07. The predicted molar refractivity (Wildman–Crippen MR) is 82.9 cm³/mol. The molecule has 1 amide bonds. The minimum Gasteiger partial charge on any atom is -0.454 e. The third kappa shape index (κ3) is 3.73. The summed E-state index contributed by atoms with van der Waals surface area (Å²) in [5, 5.41) is 3.17. The van der Waals surface area contributed by atoms with Crippen LogP contribution in [0.3, 0.4) is 0 Å². The van der Waals surface area contributed by atoms with Crippen LogP contribution in [-0.4, -0.2) is 25.3 Å². The summed E-state index contributed by atoms with van der Waals surface area (Å²) >= 11 is 5.76. The molecule has 6 nitrogen and oxygen atoms in total. The van der Waals surface area contributed by atoms with E-state index in [9.17, 15) is 9.59 Å². The standard InChI is InChI=1S/C16H12ClNO5/c17-11-2-4-12(5-3-11)18-15(19)8-21-16(20)10-1-6-13-14(7-10)23-9-22-13/h1-7H,8-9H2,(H,18,19). The molecular formula is C16H12ClNO5. The summed E-state index contributed by atoms with van der Waals surface area (Å²) in [6.07, 6.45) is 0. The van der Waals surface area contributed by atoms with Crippen molar-refractivity contribution in [2.45, 2.75) is 0 Å². The Bertz CT molecular complexity index is 745. The van der Waals surface area contributed by atoms with Gasteiger partial charge in [-0.15, -0.1) is 0 Å². The van der Waals surface area contributed by atoms with Gasteiger partial charge in [0.1, 0.15) is 0 Å². The fourth-order valence-corrected chi connectivity index (χ4v) is 2.09. The Morgan fingerprint density at radius 2 is 1.83 bits per heavy atom. The maximum Gasteiger partial charge on any atom is 0.338 e. The van der Waals surface area contributed by atoms with Crippen molar-refractivity contribution in [1.29, 1.82) is 0 Å². The average molecular weight is 334 g/mol. The van der Waals surface area contributed by atoms with Crippen LogP contribution in [0.5, 0.6) is 11.5 Å². The summed E-state index contributed by atoms with van der Waals surface area (Å²) in [4.78, 5) is 23.7. The summed E-state index contributed by atoms with van der Waals surface area (Å²) < 4.78 is 15.3. The zero-order valence-electron chi connectivity index (χ0n) is 11.9. The smallest absolute Gasteiger partial charge is 0.338 e. The van der Waals surface area contributed by atoms with Gasteiger partial charge in [0, 0.05) is 10.7 Å². The highest BCUT2D eigenvalue weighted by molar-refractivity contribution is 6.30. The fourth-order valence-electron chi connectivity index (χ4n) is 1.97. The van der Waals surface area contributed by atoms with Gasteiger partial charge in [0.15, 0.2) is 18.1 Å². The van der Waals surface area contributed by atoms with Crippen molar-refractivity contribution in [3.63, 3.8) is 0 Å². The minimum absolute atomic E-state index is 0.122. The van der Waals surface area contributed by atoms with Gasteiger partial charge in [-0.1, -0.05) is 11.6 Å². The van der Waals surface area contributed by atoms with Gasteiger partial charge in [0.25, 0.3) is 5.91 Å². The molecule has 0 unspecified atom stereocenters. The molecule has 3 rings (SSSR count). The van der Waals surface area contributed by atoms with E-state index in [4.69, 9.17) is 25.8 Å². The Hall–Kier alpha value is -2.73.